The first kappa shape index (κ1) is 14.8. The van der Waals surface area contributed by atoms with Gasteiger partial charge in [0.1, 0.15) is 5.69 Å². The second-order valence-electron chi connectivity index (χ2n) is 4.01. The third-order valence-corrected chi connectivity index (χ3v) is 3.69. The number of benzene rings is 1. The van der Waals surface area contributed by atoms with Gasteiger partial charge in [0.05, 0.1) is 4.92 Å². The number of nitrogens with one attached hydrogen (secondary N) is 1. The van der Waals surface area contributed by atoms with Gasteiger partial charge in [-0.25, -0.2) is 0 Å². The average Bonchev–Trinajstić information content (AvgIpc) is 2.38. The van der Waals surface area contributed by atoms with E-state index in [1.165, 1.54) is 25.3 Å². The fraction of sp³-hybridized carbons (Fsp3) is 0.500. The summed E-state index contributed by atoms with van der Waals surface area (Å²) in [5, 5.41) is 10.7. The van der Waals surface area contributed by atoms with Crippen molar-refractivity contribution in [2.24, 2.45) is 5.84 Å². The Morgan fingerprint density at radius 3 is 2.83 bits per heavy atom. The van der Waals surface area contributed by atoms with Crippen LogP contribution >= 0.6 is 11.8 Å². The van der Waals surface area contributed by atoms with Crippen LogP contribution < -0.4 is 11.3 Å². The van der Waals surface area contributed by atoms with Crippen molar-refractivity contribution >= 4 is 23.1 Å². The molecule has 1 rings (SSSR count). The summed E-state index contributed by atoms with van der Waals surface area (Å²) in [5.74, 6) is 7.27. The number of nitro benzene ring substituents is 1. The third-order valence-electron chi connectivity index (χ3n) is 2.57. The molecule has 0 radical (unpaired) electrons. The van der Waals surface area contributed by atoms with E-state index in [9.17, 15) is 10.1 Å². The Hall–Kier alpha value is -1.27. The summed E-state index contributed by atoms with van der Waals surface area (Å²) >= 11 is 1.84. The topological polar surface area (TPSA) is 81.2 Å². The second kappa shape index (κ2) is 7.94. The van der Waals surface area contributed by atoms with Crippen molar-refractivity contribution in [1.29, 1.82) is 0 Å². The van der Waals surface area contributed by atoms with E-state index < -0.39 is 4.92 Å². The maximum atomic E-state index is 10.7. The molecule has 0 heterocycles. The van der Waals surface area contributed by atoms with Crippen LogP contribution in [0.1, 0.15) is 31.7 Å². The number of thioether (sulfide) groups is 1. The van der Waals surface area contributed by atoms with Crippen LogP contribution in [-0.4, -0.2) is 10.7 Å². The molecule has 0 unspecified atom stereocenters. The van der Waals surface area contributed by atoms with E-state index in [1.54, 1.807) is 12.1 Å². The molecular formula is C12H19N3O2S. The van der Waals surface area contributed by atoms with Crippen molar-refractivity contribution in [3.63, 3.8) is 0 Å². The lowest BCUT2D eigenvalue weighted by Crippen LogP contribution is -2.09. The fourth-order valence-corrected chi connectivity index (χ4v) is 2.56. The largest absolute Gasteiger partial charge is 0.318 e. The first-order valence-corrected chi connectivity index (χ1v) is 7.16. The number of anilines is 1. The number of hydrogen-bond donors (Lipinski definition) is 2. The third kappa shape index (κ3) is 4.54. The van der Waals surface area contributed by atoms with Crippen molar-refractivity contribution < 1.29 is 4.92 Å². The molecule has 0 saturated carbocycles. The maximum absolute atomic E-state index is 10.7. The van der Waals surface area contributed by atoms with Crippen molar-refractivity contribution in [3.8, 4) is 0 Å². The van der Waals surface area contributed by atoms with Crippen LogP contribution in [0.15, 0.2) is 18.2 Å². The number of hydrazine groups is 1. The Balaban J connectivity index is 2.54. The van der Waals surface area contributed by atoms with Crippen LogP contribution in [0.5, 0.6) is 0 Å². The average molecular weight is 269 g/mol. The van der Waals surface area contributed by atoms with Crippen LogP contribution in [0.2, 0.25) is 0 Å². The highest BCUT2D eigenvalue weighted by molar-refractivity contribution is 7.98. The standard InChI is InChI=1S/C12H19N3O2S/c1-2-3-4-7-18-9-10-5-6-12(15(16)17)11(8-10)14-13/h5-6,8,14H,2-4,7,9,13H2,1H3. The molecule has 0 aliphatic rings. The normalized spacial score (nSPS) is 10.3. The van der Waals surface area contributed by atoms with Gasteiger partial charge in [-0.2, -0.15) is 11.8 Å². The molecule has 0 spiro atoms. The van der Waals surface area contributed by atoms with Gasteiger partial charge < -0.3 is 5.43 Å². The van der Waals surface area contributed by atoms with Crippen LogP contribution in [0.25, 0.3) is 0 Å². The van der Waals surface area contributed by atoms with E-state index in [2.05, 4.69) is 12.3 Å². The van der Waals surface area contributed by atoms with Crippen LogP contribution in [0.4, 0.5) is 11.4 Å². The highest BCUT2D eigenvalue weighted by Crippen LogP contribution is 2.26. The molecule has 6 heteroatoms. The van der Waals surface area contributed by atoms with Gasteiger partial charge in [-0.3, -0.25) is 16.0 Å². The zero-order valence-electron chi connectivity index (χ0n) is 10.5. The zero-order chi connectivity index (χ0) is 13.4. The Labute approximate surface area is 111 Å². The molecule has 0 aliphatic heterocycles. The van der Waals surface area contributed by atoms with Crippen molar-refractivity contribution in [2.45, 2.75) is 31.9 Å². The minimum Gasteiger partial charge on any atom is -0.318 e. The number of rotatable bonds is 8. The molecular weight excluding hydrogens is 250 g/mol. The molecule has 0 fully saturated rings. The quantitative estimate of drug-likeness (QED) is 0.327. The number of nitrogens with zero attached hydrogens (tertiary/aromatic N) is 1. The van der Waals surface area contributed by atoms with Gasteiger partial charge in [-0.15, -0.1) is 0 Å². The van der Waals surface area contributed by atoms with Crippen LogP contribution in [0, 0.1) is 10.1 Å². The summed E-state index contributed by atoms with van der Waals surface area (Å²) in [6.07, 6.45) is 3.69. The maximum Gasteiger partial charge on any atom is 0.293 e. The number of unbranched alkanes of at least 4 members (excludes halogenated alkanes) is 2. The van der Waals surface area contributed by atoms with Crippen LogP contribution in [-0.2, 0) is 5.75 Å². The van der Waals surface area contributed by atoms with Gasteiger partial charge in [0.25, 0.3) is 5.69 Å². The van der Waals surface area contributed by atoms with Gasteiger partial charge >= 0.3 is 0 Å². The van der Waals surface area contributed by atoms with Gasteiger partial charge in [-0.05, 0) is 23.8 Å². The van der Waals surface area contributed by atoms with E-state index in [1.807, 2.05) is 11.8 Å². The summed E-state index contributed by atoms with van der Waals surface area (Å²) < 4.78 is 0. The molecule has 0 amide bonds. The number of nitro groups is 1. The Morgan fingerprint density at radius 2 is 2.22 bits per heavy atom. The lowest BCUT2D eigenvalue weighted by atomic mass is 10.2. The highest BCUT2D eigenvalue weighted by Gasteiger charge is 2.12. The predicted octanol–water partition coefficient (Wildman–Crippen LogP) is 3.30. The van der Waals surface area contributed by atoms with E-state index >= 15 is 0 Å². The lowest BCUT2D eigenvalue weighted by molar-refractivity contribution is -0.384. The Kier molecular flexibility index (Phi) is 6.53. The molecule has 18 heavy (non-hydrogen) atoms. The first-order valence-electron chi connectivity index (χ1n) is 6.00. The summed E-state index contributed by atoms with van der Waals surface area (Å²) in [4.78, 5) is 10.3. The van der Waals surface area contributed by atoms with E-state index in [0.29, 0.717) is 5.69 Å². The summed E-state index contributed by atoms with van der Waals surface area (Å²) in [6, 6.07) is 5.02. The summed E-state index contributed by atoms with van der Waals surface area (Å²) in [6.45, 7) is 2.18. The SMILES string of the molecule is CCCCCSCc1ccc([N+](=O)[O-])c(NN)c1. The number of nitrogens with two attached hydrogens (primary N) is 1. The second-order valence-corrected chi connectivity index (χ2v) is 5.12. The number of hydrogen-bond acceptors (Lipinski definition) is 5. The molecule has 5 nitrogen and oxygen atoms in total. The molecule has 0 saturated heterocycles. The molecule has 1 aromatic rings. The Bertz CT molecular complexity index is 399. The van der Waals surface area contributed by atoms with Crippen molar-refractivity contribution in [1.82, 2.24) is 0 Å². The van der Waals surface area contributed by atoms with Crippen molar-refractivity contribution in [3.05, 3.63) is 33.9 Å². The smallest absolute Gasteiger partial charge is 0.293 e. The molecule has 100 valence electrons. The van der Waals surface area contributed by atoms with Crippen LogP contribution in [0.3, 0.4) is 0 Å². The minimum absolute atomic E-state index is 0.0113. The van der Waals surface area contributed by atoms with E-state index in [0.717, 1.165) is 17.1 Å². The molecule has 0 bridgehead atoms. The fourth-order valence-electron chi connectivity index (χ4n) is 1.59. The van der Waals surface area contributed by atoms with Gasteiger partial charge in [-0.1, -0.05) is 25.8 Å². The van der Waals surface area contributed by atoms with E-state index in [4.69, 9.17) is 5.84 Å². The summed E-state index contributed by atoms with van der Waals surface area (Å²) in [5.41, 5.74) is 3.81. The van der Waals surface area contributed by atoms with Gasteiger partial charge in [0.15, 0.2) is 0 Å². The first-order chi connectivity index (χ1) is 8.69. The monoisotopic (exact) mass is 269 g/mol. The lowest BCUT2D eigenvalue weighted by Gasteiger charge is -2.06. The minimum atomic E-state index is -0.437. The van der Waals surface area contributed by atoms with Crippen molar-refractivity contribution in [2.75, 3.05) is 11.2 Å². The molecule has 0 aliphatic carbocycles. The predicted molar refractivity (Wildman–Crippen MR) is 76.6 cm³/mol. The van der Waals surface area contributed by atoms with Gasteiger partial charge in [0.2, 0.25) is 0 Å². The van der Waals surface area contributed by atoms with Gasteiger partial charge in [0, 0.05) is 11.8 Å². The highest BCUT2D eigenvalue weighted by atomic mass is 32.2. The number of nitrogen functional groups attached to an aromatic ring is 1. The molecule has 3 N–H and O–H groups in total. The zero-order valence-corrected chi connectivity index (χ0v) is 11.3. The molecule has 0 atom stereocenters. The molecule has 1 aromatic carbocycles. The summed E-state index contributed by atoms with van der Waals surface area (Å²) in [7, 11) is 0. The Morgan fingerprint density at radius 1 is 1.44 bits per heavy atom. The van der Waals surface area contributed by atoms with E-state index in [-0.39, 0.29) is 5.69 Å². The molecule has 0 aromatic heterocycles.